The van der Waals surface area contributed by atoms with Gasteiger partial charge in [0.2, 0.25) is 0 Å². The van der Waals surface area contributed by atoms with Gasteiger partial charge in [0.1, 0.15) is 0 Å². The van der Waals surface area contributed by atoms with Crippen LogP contribution in [0, 0.1) is 11.2 Å². The van der Waals surface area contributed by atoms with Gasteiger partial charge in [-0.05, 0) is 18.1 Å². The molecule has 74 valence electrons. The molecule has 0 unspecified atom stereocenters. The number of hydrogen-bond donors (Lipinski definition) is 0. The Labute approximate surface area is 84.4 Å². The first-order chi connectivity index (χ1) is 6.52. The molecule has 4 heteroatoms. The van der Waals surface area contributed by atoms with Crippen molar-refractivity contribution in [1.82, 2.24) is 4.31 Å². The van der Waals surface area contributed by atoms with Crippen LogP contribution in [0.3, 0.4) is 0 Å². The van der Waals surface area contributed by atoms with Gasteiger partial charge in [-0.2, -0.15) is 12.7 Å². The first kappa shape index (κ1) is 10.8. The van der Waals surface area contributed by atoms with E-state index < -0.39 is 10.0 Å². The molecule has 0 aliphatic heterocycles. The lowest BCUT2D eigenvalue weighted by molar-refractivity contribution is 0.533. The third-order valence-electron chi connectivity index (χ3n) is 1.58. The normalized spacial score (nSPS) is 10.8. The molecule has 1 rings (SSSR count). The monoisotopic (exact) mass is 209 g/mol. The molecule has 0 atom stereocenters. The summed E-state index contributed by atoms with van der Waals surface area (Å²) in [4.78, 5) is 0. The largest absolute Gasteiger partial charge is 0.282 e. The summed E-state index contributed by atoms with van der Waals surface area (Å²) in [6.45, 7) is 0. The van der Waals surface area contributed by atoms with Gasteiger partial charge in [0.05, 0.1) is 0 Å². The van der Waals surface area contributed by atoms with Gasteiger partial charge >= 0.3 is 0 Å². The summed E-state index contributed by atoms with van der Waals surface area (Å²) in [5, 5.41) is 2.22. The molecule has 0 saturated heterocycles. The lowest BCUT2D eigenvalue weighted by atomic mass is 10.2. The van der Waals surface area contributed by atoms with Crippen molar-refractivity contribution < 1.29 is 8.42 Å². The highest BCUT2D eigenvalue weighted by atomic mass is 32.2. The van der Waals surface area contributed by atoms with Crippen LogP contribution in [0.1, 0.15) is 5.56 Å². The van der Waals surface area contributed by atoms with Crippen LogP contribution in [0.15, 0.2) is 30.3 Å². The van der Waals surface area contributed by atoms with E-state index >= 15 is 0 Å². The van der Waals surface area contributed by atoms with Crippen molar-refractivity contribution in [3.05, 3.63) is 35.9 Å². The maximum Gasteiger partial charge on any atom is 0.282 e. The minimum absolute atomic E-state index is 0.693. The Morgan fingerprint density at radius 1 is 1.14 bits per heavy atom. The van der Waals surface area contributed by atoms with Gasteiger partial charge in [-0.1, -0.05) is 18.2 Å². The van der Waals surface area contributed by atoms with E-state index in [0.29, 0.717) is 5.56 Å². The average Bonchev–Trinajstić information content (AvgIpc) is 2.16. The van der Waals surface area contributed by atoms with Crippen LogP contribution in [0.5, 0.6) is 0 Å². The number of nitrogens with zero attached hydrogens (tertiary/aromatic N) is 1. The summed E-state index contributed by atoms with van der Waals surface area (Å²) < 4.78 is 23.6. The Morgan fingerprint density at radius 2 is 1.71 bits per heavy atom. The summed E-state index contributed by atoms with van der Waals surface area (Å²) in [5.41, 5.74) is 0.693. The van der Waals surface area contributed by atoms with Crippen molar-refractivity contribution in [2.45, 2.75) is 0 Å². The van der Waals surface area contributed by atoms with Gasteiger partial charge in [0, 0.05) is 24.9 Å². The Hall–Kier alpha value is -1.31. The van der Waals surface area contributed by atoms with Gasteiger partial charge in [-0.15, -0.1) is 0 Å². The summed E-state index contributed by atoms with van der Waals surface area (Å²) in [7, 11) is -0.517. The quantitative estimate of drug-likeness (QED) is 0.644. The van der Waals surface area contributed by atoms with Crippen molar-refractivity contribution in [3.8, 4) is 11.2 Å². The summed E-state index contributed by atoms with van der Waals surface area (Å²) in [6, 6.07) is 9.00. The molecule has 14 heavy (non-hydrogen) atoms. The van der Waals surface area contributed by atoms with Gasteiger partial charge < -0.3 is 0 Å². The van der Waals surface area contributed by atoms with E-state index in [1.807, 2.05) is 18.2 Å². The minimum Gasteiger partial charge on any atom is -0.198 e. The average molecular weight is 209 g/mol. The van der Waals surface area contributed by atoms with Crippen LogP contribution in [-0.4, -0.2) is 26.8 Å². The van der Waals surface area contributed by atoms with E-state index in [-0.39, 0.29) is 0 Å². The number of rotatable bonds is 1. The maximum absolute atomic E-state index is 11.3. The fourth-order valence-corrected chi connectivity index (χ4v) is 1.17. The molecule has 0 amide bonds. The van der Waals surface area contributed by atoms with Crippen LogP contribution in [0.25, 0.3) is 0 Å². The smallest absolute Gasteiger partial charge is 0.198 e. The molecule has 0 aliphatic carbocycles. The fraction of sp³-hybridized carbons (Fsp3) is 0.200. The van der Waals surface area contributed by atoms with Crippen molar-refractivity contribution in [1.29, 1.82) is 0 Å². The van der Waals surface area contributed by atoms with Gasteiger partial charge in [-0.25, -0.2) is 0 Å². The van der Waals surface area contributed by atoms with E-state index in [0.717, 1.165) is 4.31 Å². The highest BCUT2D eigenvalue weighted by molar-refractivity contribution is 7.93. The van der Waals surface area contributed by atoms with Gasteiger partial charge in [-0.3, -0.25) is 0 Å². The molecular weight excluding hydrogens is 198 g/mol. The standard InChI is InChI=1S/C10H11NO2S/c1-11(2)14(12,13)9-8-10-6-4-3-5-7-10/h3-7H,1-2H3. The zero-order valence-electron chi connectivity index (χ0n) is 8.06. The second-order valence-corrected chi connectivity index (χ2v) is 4.77. The van der Waals surface area contributed by atoms with Gasteiger partial charge in [0.25, 0.3) is 10.0 Å². The van der Waals surface area contributed by atoms with Crippen LogP contribution < -0.4 is 0 Å². The molecule has 0 bridgehead atoms. The molecule has 0 aromatic heterocycles. The first-order valence-corrected chi connectivity index (χ1v) is 5.47. The third kappa shape index (κ3) is 2.87. The van der Waals surface area contributed by atoms with Crippen LogP contribution >= 0.6 is 0 Å². The third-order valence-corrected chi connectivity index (χ3v) is 2.90. The predicted molar refractivity (Wildman–Crippen MR) is 55.9 cm³/mol. The number of hydrogen-bond acceptors (Lipinski definition) is 2. The molecule has 1 aromatic rings. The summed E-state index contributed by atoms with van der Waals surface area (Å²) >= 11 is 0. The molecule has 0 N–H and O–H groups in total. The molecule has 3 nitrogen and oxygen atoms in total. The van der Waals surface area contributed by atoms with Crippen molar-refractivity contribution in [2.24, 2.45) is 0 Å². The SMILES string of the molecule is CN(C)S(=O)(=O)C#Cc1ccccc1. The van der Waals surface area contributed by atoms with Gasteiger partial charge in [0.15, 0.2) is 0 Å². The Balaban J connectivity index is 2.96. The first-order valence-electron chi connectivity index (χ1n) is 4.03. The zero-order valence-corrected chi connectivity index (χ0v) is 8.88. The van der Waals surface area contributed by atoms with E-state index in [1.165, 1.54) is 14.1 Å². The van der Waals surface area contributed by atoms with E-state index in [2.05, 4.69) is 11.2 Å². The Morgan fingerprint density at radius 3 is 2.21 bits per heavy atom. The molecule has 1 aromatic carbocycles. The van der Waals surface area contributed by atoms with Crippen molar-refractivity contribution in [2.75, 3.05) is 14.1 Å². The molecule has 0 spiro atoms. The zero-order chi connectivity index (χ0) is 10.6. The van der Waals surface area contributed by atoms with Crippen LogP contribution in [-0.2, 0) is 10.0 Å². The Bertz CT molecular complexity index is 452. The summed E-state index contributed by atoms with van der Waals surface area (Å²) in [6.07, 6.45) is 0. The van der Waals surface area contributed by atoms with Crippen molar-refractivity contribution >= 4 is 10.0 Å². The predicted octanol–water partition coefficient (Wildman–Crippen LogP) is 0.887. The topological polar surface area (TPSA) is 37.4 Å². The molecular formula is C10H11NO2S. The fourth-order valence-electron chi connectivity index (χ4n) is 0.736. The highest BCUT2D eigenvalue weighted by Gasteiger charge is 2.07. The summed E-state index contributed by atoms with van der Waals surface area (Å²) in [5.74, 6) is 2.59. The van der Waals surface area contributed by atoms with Crippen molar-refractivity contribution in [3.63, 3.8) is 0 Å². The lowest BCUT2D eigenvalue weighted by Crippen LogP contribution is -2.19. The van der Waals surface area contributed by atoms with E-state index in [9.17, 15) is 8.42 Å². The highest BCUT2D eigenvalue weighted by Crippen LogP contribution is 1.97. The second-order valence-electron chi connectivity index (χ2n) is 2.88. The maximum atomic E-state index is 11.3. The molecule has 0 fully saturated rings. The van der Waals surface area contributed by atoms with Crippen LogP contribution in [0.2, 0.25) is 0 Å². The van der Waals surface area contributed by atoms with E-state index in [4.69, 9.17) is 0 Å². The molecule has 0 aliphatic rings. The molecule has 0 saturated carbocycles. The number of sulfonamides is 1. The second kappa shape index (κ2) is 4.27. The van der Waals surface area contributed by atoms with E-state index in [1.54, 1.807) is 12.1 Å². The van der Waals surface area contributed by atoms with Crippen LogP contribution in [0.4, 0.5) is 0 Å². The number of benzene rings is 1. The Kier molecular flexibility index (Phi) is 3.28. The minimum atomic E-state index is -3.42. The lowest BCUT2D eigenvalue weighted by Gasteiger charge is -2.02. The molecule has 0 heterocycles. The molecule has 0 radical (unpaired) electrons.